The Kier molecular flexibility index (Phi) is 8.89. The van der Waals surface area contributed by atoms with Gasteiger partial charge in [0.1, 0.15) is 12.6 Å². The molecule has 0 bridgehead atoms. The van der Waals surface area contributed by atoms with Crippen LogP contribution in [-0.2, 0) is 20.9 Å². The monoisotopic (exact) mass is 513 g/mol. The number of likely N-dealkylation sites (N-methyl/N-ethyl adjacent to an activating group) is 1. The lowest BCUT2D eigenvalue weighted by Gasteiger charge is -2.22. The summed E-state index contributed by atoms with van der Waals surface area (Å²) in [5, 5.41) is 14.6. The van der Waals surface area contributed by atoms with Crippen LogP contribution >= 0.6 is 0 Å². The predicted octanol–water partition coefficient (Wildman–Crippen LogP) is 3.78. The third-order valence-corrected chi connectivity index (χ3v) is 6.38. The number of carbonyl (C=O) groups excluding carboxylic acids is 2. The average molecular weight is 514 g/mol. The zero-order valence-corrected chi connectivity index (χ0v) is 21.2. The van der Waals surface area contributed by atoms with Crippen LogP contribution in [0.15, 0.2) is 91.0 Å². The first-order valence-corrected chi connectivity index (χ1v) is 12.4. The topological polar surface area (TPSA) is 108 Å². The minimum Gasteiger partial charge on any atom is -0.480 e. The normalized spacial score (nSPS) is 13.1. The van der Waals surface area contributed by atoms with Crippen molar-refractivity contribution >= 4 is 18.0 Å². The van der Waals surface area contributed by atoms with Gasteiger partial charge < -0.3 is 20.5 Å². The van der Waals surface area contributed by atoms with Crippen molar-refractivity contribution in [3.05, 3.63) is 108 Å². The summed E-state index contributed by atoms with van der Waals surface area (Å²) in [5.41, 5.74) is 5.60. The van der Waals surface area contributed by atoms with Crippen LogP contribution in [0.4, 0.5) is 4.79 Å². The molecule has 0 heterocycles. The highest BCUT2D eigenvalue weighted by Crippen LogP contribution is 2.44. The summed E-state index contributed by atoms with van der Waals surface area (Å²) in [4.78, 5) is 38.0. The molecule has 3 N–H and O–H groups in total. The molecule has 1 aliphatic carbocycles. The third-order valence-electron chi connectivity index (χ3n) is 6.38. The standard InChI is InChI=1S/C30H31N3O5/c1-33(18-21-10-3-2-4-11-21)19-27(29(35)36)32-28(34)16-9-17-31-30(37)38-20-26-24-14-7-5-12-22(24)23-13-6-8-15-25(23)26/h2-16,26-27H,17-20H2,1H3,(H,31,37)(H,32,34)(H,35,36)/b16-9+. The molecule has 3 aromatic carbocycles. The second-order valence-corrected chi connectivity index (χ2v) is 9.19. The summed E-state index contributed by atoms with van der Waals surface area (Å²) in [6.45, 7) is 0.957. The number of ether oxygens (including phenoxy) is 1. The van der Waals surface area contributed by atoms with Crippen molar-refractivity contribution in [2.45, 2.75) is 18.5 Å². The molecule has 1 aliphatic rings. The molecular formula is C30H31N3O5. The summed E-state index contributed by atoms with van der Waals surface area (Å²) >= 11 is 0. The smallest absolute Gasteiger partial charge is 0.407 e. The Morgan fingerprint density at radius 3 is 2.18 bits per heavy atom. The lowest BCUT2D eigenvalue weighted by Crippen LogP contribution is -2.47. The number of rotatable bonds is 11. The zero-order valence-electron chi connectivity index (χ0n) is 21.2. The highest BCUT2D eigenvalue weighted by molar-refractivity contribution is 5.91. The van der Waals surface area contributed by atoms with E-state index in [2.05, 4.69) is 22.8 Å². The fourth-order valence-corrected chi connectivity index (χ4v) is 4.63. The number of carboxylic acid groups (broad SMARTS) is 1. The molecule has 196 valence electrons. The van der Waals surface area contributed by atoms with E-state index in [0.29, 0.717) is 6.54 Å². The van der Waals surface area contributed by atoms with Crippen molar-refractivity contribution < 1.29 is 24.2 Å². The van der Waals surface area contributed by atoms with Gasteiger partial charge in [-0.1, -0.05) is 84.9 Å². The van der Waals surface area contributed by atoms with Crippen molar-refractivity contribution in [2.75, 3.05) is 26.7 Å². The molecule has 0 aromatic heterocycles. The molecule has 0 spiro atoms. The summed E-state index contributed by atoms with van der Waals surface area (Å²) in [6, 6.07) is 24.8. The number of benzene rings is 3. The predicted molar refractivity (Wildman–Crippen MR) is 145 cm³/mol. The van der Waals surface area contributed by atoms with Crippen LogP contribution in [0.2, 0.25) is 0 Å². The second kappa shape index (κ2) is 12.7. The number of nitrogens with zero attached hydrogens (tertiary/aromatic N) is 1. The molecule has 0 saturated carbocycles. The van der Waals surface area contributed by atoms with Gasteiger partial charge in [0.25, 0.3) is 0 Å². The van der Waals surface area contributed by atoms with Crippen LogP contribution in [0.3, 0.4) is 0 Å². The number of aliphatic carboxylic acids is 1. The lowest BCUT2D eigenvalue weighted by molar-refractivity contribution is -0.141. The van der Waals surface area contributed by atoms with Crippen molar-refractivity contribution in [3.8, 4) is 11.1 Å². The van der Waals surface area contributed by atoms with Crippen LogP contribution in [-0.4, -0.2) is 60.8 Å². The number of alkyl carbamates (subject to hydrolysis) is 1. The van der Waals surface area contributed by atoms with Crippen LogP contribution in [0.25, 0.3) is 11.1 Å². The maximum Gasteiger partial charge on any atom is 0.407 e. The minimum absolute atomic E-state index is 0.0394. The highest BCUT2D eigenvalue weighted by atomic mass is 16.5. The summed E-state index contributed by atoms with van der Waals surface area (Å²) in [7, 11) is 1.79. The van der Waals surface area contributed by atoms with Crippen LogP contribution in [0.5, 0.6) is 0 Å². The van der Waals surface area contributed by atoms with E-state index in [1.54, 1.807) is 7.05 Å². The van der Waals surface area contributed by atoms with Gasteiger partial charge in [0.2, 0.25) is 5.91 Å². The van der Waals surface area contributed by atoms with Gasteiger partial charge in [-0.2, -0.15) is 0 Å². The van der Waals surface area contributed by atoms with E-state index < -0.39 is 24.0 Å². The molecule has 1 atom stereocenters. The molecule has 0 radical (unpaired) electrons. The Hall–Kier alpha value is -4.43. The van der Waals surface area contributed by atoms with Crippen molar-refractivity contribution in [3.63, 3.8) is 0 Å². The number of hydrogen-bond donors (Lipinski definition) is 3. The molecule has 1 unspecified atom stereocenters. The first-order chi connectivity index (χ1) is 18.4. The largest absolute Gasteiger partial charge is 0.480 e. The molecule has 4 rings (SSSR count). The molecule has 38 heavy (non-hydrogen) atoms. The quantitative estimate of drug-likeness (QED) is 0.337. The van der Waals surface area contributed by atoms with Gasteiger partial charge in [0, 0.05) is 31.6 Å². The number of carboxylic acids is 1. The van der Waals surface area contributed by atoms with E-state index in [-0.39, 0.29) is 25.6 Å². The van der Waals surface area contributed by atoms with E-state index >= 15 is 0 Å². The van der Waals surface area contributed by atoms with Crippen molar-refractivity contribution in [1.82, 2.24) is 15.5 Å². The van der Waals surface area contributed by atoms with E-state index in [1.165, 1.54) is 12.2 Å². The summed E-state index contributed by atoms with van der Waals surface area (Å²) < 4.78 is 5.47. The van der Waals surface area contributed by atoms with Gasteiger partial charge in [-0.15, -0.1) is 0 Å². The summed E-state index contributed by atoms with van der Waals surface area (Å²) in [6.07, 6.45) is 2.06. The van der Waals surface area contributed by atoms with Gasteiger partial charge in [0.15, 0.2) is 0 Å². The molecule has 2 amide bonds. The Morgan fingerprint density at radius 1 is 0.947 bits per heavy atom. The minimum atomic E-state index is -1.12. The molecule has 8 heteroatoms. The Balaban J connectivity index is 1.21. The Morgan fingerprint density at radius 2 is 1.55 bits per heavy atom. The van der Waals surface area contributed by atoms with Gasteiger partial charge in [0.05, 0.1) is 0 Å². The molecule has 8 nitrogen and oxygen atoms in total. The Bertz CT molecular complexity index is 1260. The number of carbonyl (C=O) groups is 3. The summed E-state index contributed by atoms with van der Waals surface area (Å²) in [5.74, 6) is -1.72. The van der Waals surface area contributed by atoms with Crippen LogP contribution < -0.4 is 10.6 Å². The second-order valence-electron chi connectivity index (χ2n) is 9.19. The van der Waals surface area contributed by atoms with Gasteiger partial charge in [-0.05, 0) is 34.9 Å². The first-order valence-electron chi connectivity index (χ1n) is 12.4. The average Bonchev–Trinajstić information content (AvgIpc) is 3.23. The van der Waals surface area contributed by atoms with E-state index in [4.69, 9.17) is 4.74 Å². The highest BCUT2D eigenvalue weighted by Gasteiger charge is 2.29. The van der Waals surface area contributed by atoms with Crippen molar-refractivity contribution in [1.29, 1.82) is 0 Å². The van der Waals surface area contributed by atoms with E-state index in [9.17, 15) is 19.5 Å². The molecule has 3 aromatic rings. The SMILES string of the molecule is CN(Cc1ccccc1)CC(NC(=O)/C=C/CNC(=O)OCC1c2ccccc2-c2ccccc21)C(=O)O. The molecular weight excluding hydrogens is 482 g/mol. The lowest BCUT2D eigenvalue weighted by atomic mass is 9.98. The number of nitrogens with one attached hydrogen (secondary N) is 2. The van der Waals surface area contributed by atoms with Gasteiger partial charge in [-0.3, -0.25) is 9.69 Å². The van der Waals surface area contributed by atoms with Gasteiger partial charge in [-0.25, -0.2) is 9.59 Å². The molecule has 0 saturated heterocycles. The number of amides is 2. The van der Waals surface area contributed by atoms with Crippen LogP contribution in [0.1, 0.15) is 22.6 Å². The van der Waals surface area contributed by atoms with Crippen molar-refractivity contribution in [2.24, 2.45) is 0 Å². The van der Waals surface area contributed by atoms with E-state index in [1.807, 2.05) is 71.6 Å². The maximum absolute atomic E-state index is 12.3. The van der Waals surface area contributed by atoms with Crippen LogP contribution in [0, 0.1) is 0 Å². The number of hydrogen-bond acceptors (Lipinski definition) is 5. The molecule has 0 aliphatic heterocycles. The Labute approximate surface area is 221 Å². The first kappa shape index (κ1) is 26.6. The number of fused-ring (bicyclic) bond motifs is 3. The molecule has 0 fully saturated rings. The fourth-order valence-electron chi connectivity index (χ4n) is 4.63. The third kappa shape index (κ3) is 6.86. The fraction of sp³-hybridized carbons (Fsp3) is 0.233. The van der Waals surface area contributed by atoms with Gasteiger partial charge >= 0.3 is 12.1 Å². The zero-order chi connectivity index (χ0) is 26.9. The maximum atomic E-state index is 12.3. The van der Waals surface area contributed by atoms with E-state index in [0.717, 1.165) is 27.8 Å².